The van der Waals surface area contributed by atoms with Crippen LogP contribution < -0.4 is 4.72 Å². The molecule has 0 aliphatic carbocycles. The van der Waals surface area contributed by atoms with Crippen LogP contribution in [0.1, 0.15) is 21.9 Å². The summed E-state index contributed by atoms with van der Waals surface area (Å²) in [6.07, 6.45) is 1.36. The standard InChI is InChI=1S/C12H11ClN2O5S/c1-6-9(12(16)17)10(7(2)20-6)21(18,19)15-11-8(13)4-3-5-14-11/h3-5H,1-2H3,(H,14,15)(H,16,17). The molecule has 0 radical (unpaired) electrons. The van der Waals surface area contributed by atoms with E-state index in [0.29, 0.717) is 0 Å². The number of hydrogen-bond acceptors (Lipinski definition) is 5. The van der Waals surface area contributed by atoms with Gasteiger partial charge >= 0.3 is 5.97 Å². The molecule has 0 bridgehead atoms. The van der Waals surface area contributed by atoms with Crippen LogP contribution in [0.5, 0.6) is 0 Å². The smallest absolute Gasteiger partial charge is 0.340 e. The van der Waals surface area contributed by atoms with Crippen molar-refractivity contribution in [1.82, 2.24) is 4.98 Å². The number of nitrogens with zero attached hydrogens (tertiary/aromatic N) is 1. The first kappa shape index (κ1) is 15.3. The number of hydrogen-bond donors (Lipinski definition) is 2. The maximum absolute atomic E-state index is 12.4. The Bertz CT molecular complexity index is 813. The summed E-state index contributed by atoms with van der Waals surface area (Å²) < 4.78 is 32.0. The Morgan fingerprint density at radius 3 is 2.62 bits per heavy atom. The minimum Gasteiger partial charge on any atom is -0.478 e. The van der Waals surface area contributed by atoms with E-state index in [9.17, 15) is 13.2 Å². The number of halogens is 1. The number of anilines is 1. The number of furan rings is 1. The summed E-state index contributed by atoms with van der Waals surface area (Å²) in [5.74, 6) is -1.50. The molecule has 0 atom stereocenters. The molecule has 0 saturated carbocycles. The van der Waals surface area contributed by atoms with Crippen LogP contribution in [0.3, 0.4) is 0 Å². The molecular formula is C12H11ClN2O5S. The second kappa shape index (κ2) is 5.38. The number of aryl methyl sites for hydroxylation is 2. The third-order valence-electron chi connectivity index (χ3n) is 2.68. The molecule has 0 aromatic carbocycles. The molecule has 0 amide bonds. The van der Waals surface area contributed by atoms with Gasteiger partial charge in [-0.2, -0.15) is 0 Å². The van der Waals surface area contributed by atoms with Crippen molar-refractivity contribution >= 4 is 33.4 Å². The summed E-state index contributed by atoms with van der Waals surface area (Å²) in [6, 6.07) is 2.99. The molecule has 0 spiro atoms. The van der Waals surface area contributed by atoms with E-state index in [1.54, 1.807) is 0 Å². The van der Waals surface area contributed by atoms with Gasteiger partial charge in [-0.15, -0.1) is 0 Å². The molecule has 2 aromatic heterocycles. The van der Waals surface area contributed by atoms with Gasteiger partial charge < -0.3 is 9.52 Å². The predicted octanol–water partition coefficient (Wildman–Crippen LogP) is 2.44. The van der Waals surface area contributed by atoms with E-state index in [1.165, 1.54) is 32.2 Å². The van der Waals surface area contributed by atoms with Gasteiger partial charge in [0.1, 0.15) is 22.0 Å². The average molecular weight is 331 g/mol. The van der Waals surface area contributed by atoms with Crippen molar-refractivity contribution in [1.29, 1.82) is 0 Å². The number of aromatic carboxylic acids is 1. The summed E-state index contributed by atoms with van der Waals surface area (Å²) in [6.45, 7) is 2.75. The van der Waals surface area contributed by atoms with E-state index in [-0.39, 0.29) is 22.4 Å². The minimum absolute atomic E-state index is 0.00694. The van der Waals surface area contributed by atoms with Gasteiger partial charge in [-0.25, -0.2) is 18.2 Å². The Morgan fingerprint density at radius 2 is 2.05 bits per heavy atom. The molecule has 0 unspecified atom stereocenters. The highest BCUT2D eigenvalue weighted by Crippen LogP contribution is 2.29. The van der Waals surface area contributed by atoms with Crippen LogP contribution in [-0.4, -0.2) is 24.5 Å². The van der Waals surface area contributed by atoms with Gasteiger partial charge in [0.05, 0.1) is 5.02 Å². The zero-order valence-corrected chi connectivity index (χ0v) is 12.6. The van der Waals surface area contributed by atoms with E-state index in [4.69, 9.17) is 21.1 Å². The number of rotatable bonds is 4. The molecule has 21 heavy (non-hydrogen) atoms. The van der Waals surface area contributed by atoms with Crippen molar-refractivity contribution < 1.29 is 22.7 Å². The lowest BCUT2D eigenvalue weighted by Gasteiger charge is -2.08. The monoisotopic (exact) mass is 330 g/mol. The minimum atomic E-state index is -4.19. The second-order valence-electron chi connectivity index (χ2n) is 4.16. The van der Waals surface area contributed by atoms with E-state index in [0.717, 1.165) is 0 Å². The van der Waals surface area contributed by atoms with Gasteiger partial charge in [0, 0.05) is 6.20 Å². The summed E-state index contributed by atoms with van der Waals surface area (Å²) in [5.41, 5.74) is -0.410. The molecule has 7 nitrogen and oxygen atoms in total. The molecule has 2 N–H and O–H groups in total. The Morgan fingerprint density at radius 1 is 1.38 bits per heavy atom. The quantitative estimate of drug-likeness (QED) is 0.891. The van der Waals surface area contributed by atoms with Crippen LogP contribution in [0.4, 0.5) is 5.82 Å². The third kappa shape index (κ3) is 2.86. The average Bonchev–Trinajstić information content (AvgIpc) is 2.67. The third-order valence-corrected chi connectivity index (χ3v) is 4.47. The molecule has 2 rings (SSSR count). The van der Waals surface area contributed by atoms with Crippen molar-refractivity contribution in [2.45, 2.75) is 18.7 Å². The largest absolute Gasteiger partial charge is 0.478 e. The fourth-order valence-corrected chi connectivity index (χ4v) is 3.54. The van der Waals surface area contributed by atoms with Gasteiger partial charge in [0.25, 0.3) is 10.0 Å². The summed E-state index contributed by atoms with van der Waals surface area (Å²) in [4.78, 5) is 14.6. The SMILES string of the molecule is Cc1oc(C)c(S(=O)(=O)Nc2ncccc2Cl)c1C(=O)O. The first-order chi connectivity index (χ1) is 9.74. The zero-order chi connectivity index (χ0) is 15.8. The number of nitrogens with one attached hydrogen (secondary N) is 1. The zero-order valence-electron chi connectivity index (χ0n) is 11.0. The highest BCUT2D eigenvalue weighted by Gasteiger charge is 2.31. The molecular weight excluding hydrogens is 320 g/mol. The van der Waals surface area contributed by atoms with Crippen LogP contribution in [0.25, 0.3) is 0 Å². The maximum atomic E-state index is 12.4. The Labute approximate surface area is 125 Å². The lowest BCUT2D eigenvalue weighted by atomic mass is 10.2. The van der Waals surface area contributed by atoms with Crippen molar-refractivity contribution in [2.75, 3.05) is 4.72 Å². The lowest BCUT2D eigenvalue weighted by molar-refractivity contribution is 0.0691. The summed E-state index contributed by atoms with van der Waals surface area (Å²) in [5, 5.41) is 9.24. The molecule has 0 aliphatic rings. The molecule has 0 saturated heterocycles. The van der Waals surface area contributed by atoms with Gasteiger partial charge in [-0.05, 0) is 26.0 Å². The lowest BCUT2D eigenvalue weighted by Crippen LogP contribution is -2.17. The fourth-order valence-electron chi connectivity index (χ4n) is 1.87. The number of sulfonamides is 1. The van der Waals surface area contributed by atoms with E-state index in [2.05, 4.69) is 9.71 Å². The van der Waals surface area contributed by atoms with Crippen molar-refractivity contribution in [2.24, 2.45) is 0 Å². The molecule has 0 fully saturated rings. The molecule has 2 heterocycles. The maximum Gasteiger partial charge on any atom is 0.340 e. The summed E-state index contributed by atoms with van der Waals surface area (Å²) in [7, 11) is -4.19. The van der Waals surface area contributed by atoms with Crippen LogP contribution in [-0.2, 0) is 10.0 Å². The number of carbonyl (C=O) groups is 1. The Kier molecular flexibility index (Phi) is 3.93. The molecule has 112 valence electrons. The molecule has 2 aromatic rings. The second-order valence-corrected chi connectivity index (χ2v) is 6.19. The first-order valence-electron chi connectivity index (χ1n) is 5.70. The van der Waals surface area contributed by atoms with Crippen molar-refractivity contribution in [3.05, 3.63) is 40.4 Å². The van der Waals surface area contributed by atoms with Crippen molar-refractivity contribution in [3.63, 3.8) is 0 Å². The normalized spacial score (nSPS) is 11.4. The Balaban J connectivity index is 2.56. The topological polar surface area (TPSA) is 110 Å². The Hall–Kier alpha value is -2.06. The highest BCUT2D eigenvalue weighted by atomic mass is 35.5. The predicted molar refractivity (Wildman–Crippen MR) is 75.2 cm³/mol. The number of carboxylic acids is 1. The van der Waals surface area contributed by atoms with Crippen LogP contribution in [0.2, 0.25) is 5.02 Å². The van der Waals surface area contributed by atoms with E-state index < -0.39 is 26.5 Å². The number of aromatic nitrogens is 1. The van der Waals surface area contributed by atoms with E-state index >= 15 is 0 Å². The van der Waals surface area contributed by atoms with Crippen LogP contribution in [0, 0.1) is 13.8 Å². The number of carboxylic acid groups (broad SMARTS) is 1. The van der Waals surface area contributed by atoms with Crippen LogP contribution >= 0.6 is 11.6 Å². The fraction of sp³-hybridized carbons (Fsp3) is 0.167. The molecule has 9 heteroatoms. The van der Waals surface area contributed by atoms with Crippen molar-refractivity contribution in [3.8, 4) is 0 Å². The summed E-state index contributed by atoms with van der Waals surface area (Å²) >= 11 is 5.84. The first-order valence-corrected chi connectivity index (χ1v) is 7.56. The van der Waals surface area contributed by atoms with Crippen LogP contribution in [0.15, 0.2) is 27.6 Å². The number of pyridine rings is 1. The van der Waals surface area contributed by atoms with Gasteiger partial charge in [0.2, 0.25) is 0 Å². The van der Waals surface area contributed by atoms with E-state index in [1.807, 2.05) is 0 Å². The van der Waals surface area contributed by atoms with Gasteiger partial charge in [-0.3, -0.25) is 4.72 Å². The van der Waals surface area contributed by atoms with Gasteiger partial charge in [0.15, 0.2) is 5.82 Å². The molecule has 0 aliphatic heterocycles. The van der Waals surface area contributed by atoms with Gasteiger partial charge in [-0.1, -0.05) is 11.6 Å². The highest BCUT2D eigenvalue weighted by molar-refractivity contribution is 7.92.